The second kappa shape index (κ2) is 10.1. The summed E-state index contributed by atoms with van der Waals surface area (Å²) in [6.07, 6.45) is 1.65. The summed E-state index contributed by atoms with van der Waals surface area (Å²) in [5, 5.41) is 4.90. The minimum Gasteiger partial charge on any atom is -0.488 e. The molecule has 0 amide bonds. The molecular formula is C23H15Br3IN3O2. The monoisotopic (exact) mass is 729 g/mol. The number of fused-ring (bicyclic) bond motifs is 1. The Hall–Kier alpha value is -1.56. The van der Waals surface area contributed by atoms with Crippen LogP contribution in [-0.4, -0.2) is 15.9 Å². The molecule has 0 aliphatic carbocycles. The summed E-state index contributed by atoms with van der Waals surface area (Å²) in [6.45, 7) is 2.21. The fraction of sp³-hybridized carbons (Fsp3) is 0.0870. The van der Waals surface area contributed by atoms with Crippen LogP contribution in [0, 0.1) is 10.5 Å². The highest BCUT2D eigenvalue weighted by Gasteiger charge is 2.09. The first kappa shape index (κ1) is 23.6. The van der Waals surface area contributed by atoms with Crippen LogP contribution in [0.25, 0.3) is 10.9 Å². The number of rotatable bonds is 5. The molecule has 0 aliphatic heterocycles. The highest BCUT2D eigenvalue weighted by Crippen LogP contribution is 2.26. The summed E-state index contributed by atoms with van der Waals surface area (Å²) in [6, 6.07) is 17.2. The fourth-order valence-electron chi connectivity index (χ4n) is 3.03. The molecule has 0 spiro atoms. The van der Waals surface area contributed by atoms with Gasteiger partial charge in [0.15, 0.2) is 0 Å². The van der Waals surface area contributed by atoms with E-state index in [-0.39, 0.29) is 5.56 Å². The lowest BCUT2D eigenvalue weighted by Gasteiger charge is -2.10. The van der Waals surface area contributed by atoms with Crippen molar-refractivity contribution in [1.82, 2.24) is 9.66 Å². The summed E-state index contributed by atoms with van der Waals surface area (Å²) in [5.41, 5.74) is 2.35. The average molecular weight is 732 g/mol. The van der Waals surface area contributed by atoms with Crippen LogP contribution in [0.2, 0.25) is 0 Å². The molecule has 0 aliphatic rings. The molecule has 5 nitrogen and oxygen atoms in total. The van der Waals surface area contributed by atoms with Crippen molar-refractivity contribution in [3.8, 4) is 5.75 Å². The van der Waals surface area contributed by atoms with Gasteiger partial charge in [-0.15, -0.1) is 0 Å². The van der Waals surface area contributed by atoms with E-state index >= 15 is 0 Å². The summed E-state index contributed by atoms with van der Waals surface area (Å²) in [7, 11) is 0. The first-order valence-electron chi connectivity index (χ1n) is 9.41. The van der Waals surface area contributed by atoms with E-state index in [1.54, 1.807) is 19.2 Å². The molecule has 1 heterocycles. The quantitative estimate of drug-likeness (QED) is 0.163. The van der Waals surface area contributed by atoms with Gasteiger partial charge in [0.2, 0.25) is 0 Å². The highest BCUT2D eigenvalue weighted by molar-refractivity contribution is 14.1. The van der Waals surface area contributed by atoms with Crippen LogP contribution < -0.4 is 10.3 Å². The van der Waals surface area contributed by atoms with Crippen LogP contribution in [-0.2, 0) is 6.61 Å². The molecule has 3 aromatic carbocycles. The number of nitrogens with zero attached hydrogens (tertiary/aromatic N) is 3. The van der Waals surface area contributed by atoms with Crippen molar-refractivity contribution in [1.29, 1.82) is 0 Å². The SMILES string of the molecule is Cc1nc2ccc(Br)cc2c(=O)n1N=Cc1ccc(OCc2ccc(Br)cc2Br)c(I)c1. The van der Waals surface area contributed by atoms with Crippen molar-refractivity contribution in [2.24, 2.45) is 5.10 Å². The van der Waals surface area contributed by atoms with Crippen LogP contribution in [0.1, 0.15) is 17.0 Å². The van der Waals surface area contributed by atoms with E-state index in [9.17, 15) is 4.79 Å². The first-order valence-corrected chi connectivity index (χ1v) is 12.9. The van der Waals surface area contributed by atoms with Gasteiger partial charge in [0.25, 0.3) is 5.56 Å². The number of aryl methyl sites for hydroxylation is 1. The maximum Gasteiger partial charge on any atom is 0.282 e. The summed E-state index contributed by atoms with van der Waals surface area (Å²) >= 11 is 12.7. The Balaban J connectivity index is 1.55. The predicted molar refractivity (Wildman–Crippen MR) is 147 cm³/mol. The van der Waals surface area contributed by atoms with Crippen molar-refractivity contribution in [3.63, 3.8) is 0 Å². The molecule has 4 rings (SSSR count). The smallest absolute Gasteiger partial charge is 0.282 e. The van der Waals surface area contributed by atoms with Gasteiger partial charge in [0, 0.05) is 19.0 Å². The van der Waals surface area contributed by atoms with Gasteiger partial charge in [-0.2, -0.15) is 9.78 Å². The van der Waals surface area contributed by atoms with E-state index in [2.05, 4.69) is 80.5 Å². The Bertz CT molecular complexity index is 1420. The molecular weight excluding hydrogens is 717 g/mol. The minimum atomic E-state index is -0.209. The number of halogens is 4. The van der Waals surface area contributed by atoms with Crippen molar-refractivity contribution in [3.05, 3.63) is 98.9 Å². The molecule has 0 bridgehead atoms. The molecule has 9 heteroatoms. The maximum absolute atomic E-state index is 12.9. The van der Waals surface area contributed by atoms with Crippen LogP contribution >= 0.6 is 70.4 Å². The van der Waals surface area contributed by atoms with E-state index < -0.39 is 0 Å². The molecule has 4 aromatic rings. The molecule has 1 aromatic heterocycles. The second-order valence-electron chi connectivity index (χ2n) is 6.90. The molecule has 162 valence electrons. The van der Waals surface area contributed by atoms with Gasteiger partial charge in [-0.25, -0.2) is 4.98 Å². The molecule has 0 radical (unpaired) electrons. The lowest BCUT2D eigenvalue weighted by atomic mass is 10.2. The Kier molecular flexibility index (Phi) is 7.48. The largest absolute Gasteiger partial charge is 0.488 e. The number of hydrogen-bond donors (Lipinski definition) is 0. The van der Waals surface area contributed by atoms with Crippen molar-refractivity contribution >= 4 is 87.5 Å². The van der Waals surface area contributed by atoms with Crippen molar-refractivity contribution in [2.75, 3.05) is 0 Å². The number of hydrogen-bond acceptors (Lipinski definition) is 4. The third kappa shape index (κ3) is 5.32. The van der Waals surface area contributed by atoms with E-state index in [0.717, 1.165) is 33.9 Å². The minimum absolute atomic E-state index is 0.209. The van der Waals surface area contributed by atoms with Gasteiger partial charge in [-0.1, -0.05) is 53.9 Å². The van der Waals surface area contributed by atoms with Gasteiger partial charge in [-0.05, 0) is 83.6 Å². The molecule has 0 saturated carbocycles. The Morgan fingerprint density at radius 3 is 2.56 bits per heavy atom. The Labute approximate surface area is 223 Å². The standard InChI is InChI=1S/C23H15Br3IN3O2/c1-13-29-21-6-5-16(24)9-18(21)23(31)30(13)28-11-14-2-7-22(20(27)8-14)32-12-15-3-4-17(25)10-19(15)26/h2-11H,12H2,1H3. The Morgan fingerprint density at radius 2 is 1.81 bits per heavy atom. The van der Waals surface area contributed by atoms with Crippen LogP contribution in [0.5, 0.6) is 5.75 Å². The normalized spacial score (nSPS) is 11.4. The summed E-state index contributed by atoms with van der Waals surface area (Å²) in [4.78, 5) is 17.4. The van der Waals surface area contributed by atoms with Crippen molar-refractivity contribution in [2.45, 2.75) is 13.5 Å². The van der Waals surface area contributed by atoms with Gasteiger partial charge in [0.05, 0.1) is 20.7 Å². The summed E-state index contributed by atoms with van der Waals surface area (Å²) in [5.74, 6) is 1.30. The van der Waals surface area contributed by atoms with E-state index in [0.29, 0.717) is 23.3 Å². The van der Waals surface area contributed by atoms with Gasteiger partial charge >= 0.3 is 0 Å². The second-order valence-corrected chi connectivity index (χ2v) is 10.7. The number of benzene rings is 3. The zero-order chi connectivity index (χ0) is 22.8. The third-order valence-electron chi connectivity index (χ3n) is 4.65. The lowest BCUT2D eigenvalue weighted by Crippen LogP contribution is -2.20. The molecule has 0 fully saturated rings. The van der Waals surface area contributed by atoms with E-state index in [4.69, 9.17) is 4.74 Å². The number of aromatic nitrogens is 2. The van der Waals surface area contributed by atoms with Crippen LogP contribution in [0.4, 0.5) is 0 Å². The average Bonchev–Trinajstić information content (AvgIpc) is 2.74. The zero-order valence-electron chi connectivity index (χ0n) is 16.7. The van der Waals surface area contributed by atoms with Crippen LogP contribution in [0.3, 0.4) is 0 Å². The lowest BCUT2D eigenvalue weighted by molar-refractivity contribution is 0.303. The summed E-state index contributed by atoms with van der Waals surface area (Å²) < 4.78 is 11.1. The van der Waals surface area contributed by atoms with Crippen LogP contribution in [0.15, 0.2) is 77.9 Å². The molecule has 32 heavy (non-hydrogen) atoms. The first-order chi connectivity index (χ1) is 15.3. The molecule has 0 unspecified atom stereocenters. The van der Waals surface area contributed by atoms with Gasteiger partial charge in [0.1, 0.15) is 18.2 Å². The zero-order valence-corrected chi connectivity index (χ0v) is 23.6. The third-order valence-corrected chi connectivity index (χ3v) is 7.21. The molecule has 0 saturated heterocycles. The fourth-order valence-corrected chi connectivity index (χ4v) is 5.25. The van der Waals surface area contributed by atoms with Gasteiger partial charge in [-0.3, -0.25) is 4.79 Å². The predicted octanol–water partition coefficient (Wildman–Crippen LogP) is 7.06. The number of ether oxygens (including phenoxy) is 1. The maximum atomic E-state index is 12.9. The van der Waals surface area contributed by atoms with Gasteiger partial charge < -0.3 is 4.74 Å². The van der Waals surface area contributed by atoms with E-state index in [1.807, 2.05) is 48.5 Å². The molecule has 0 atom stereocenters. The van der Waals surface area contributed by atoms with Crippen molar-refractivity contribution < 1.29 is 4.74 Å². The highest BCUT2D eigenvalue weighted by atomic mass is 127. The van der Waals surface area contributed by atoms with E-state index in [1.165, 1.54) is 4.68 Å². The molecule has 0 N–H and O–H groups in total. The Morgan fingerprint density at radius 1 is 1.06 bits per heavy atom. The topological polar surface area (TPSA) is 56.5 Å².